The second-order valence-corrected chi connectivity index (χ2v) is 6.38. The normalized spacial score (nSPS) is 14.5. The summed E-state index contributed by atoms with van der Waals surface area (Å²) in [5.41, 5.74) is 0.915. The van der Waals surface area contributed by atoms with Gasteiger partial charge in [0.2, 0.25) is 0 Å². The van der Waals surface area contributed by atoms with Crippen LogP contribution >= 0.6 is 0 Å². The molecule has 3 rings (SSSR count). The third-order valence-electron chi connectivity index (χ3n) is 4.54. The highest BCUT2D eigenvalue weighted by Gasteiger charge is 2.25. The molecule has 1 fully saturated rings. The van der Waals surface area contributed by atoms with E-state index in [0.717, 1.165) is 0 Å². The van der Waals surface area contributed by atoms with Crippen molar-refractivity contribution in [1.82, 2.24) is 10.2 Å². The van der Waals surface area contributed by atoms with Crippen molar-refractivity contribution in [3.63, 3.8) is 0 Å². The van der Waals surface area contributed by atoms with Crippen molar-refractivity contribution >= 4 is 17.6 Å². The van der Waals surface area contributed by atoms with E-state index in [9.17, 15) is 14.0 Å². The van der Waals surface area contributed by atoms with Crippen LogP contribution in [0.15, 0.2) is 48.5 Å². The molecule has 1 aliphatic rings. The minimum atomic E-state index is -0.398. The molecule has 7 heteroatoms. The molecule has 1 aliphatic heterocycles. The van der Waals surface area contributed by atoms with Crippen molar-refractivity contribution in [1.29, 1.82) is 0 Å². The second kappa shape index (κ2) is 8.53. The van der Waals surface area contributed by atoms with Crippen LogP contribution in [0, 0.1) is 5.82 Å². The number of nitrogens with one attached hydrogen (secondary N) is 2. The van der Waals surface area contributed by atoms with Crippen LogP contribution in [-0.2, 0) is 0 Å². The zero-order valence-electron chi connectivity index (χ0n) is 15.1. The molecule has 2 N–H and O–H groups in total. The first-order valence-electron chi connectivity index (χ1n) is 8.82. The maximum absolute atomic E-state index is 13.2. The predicted molar refractivity (Wildman–Crippen MR) is 100 cm³/mol. The number of hydrogen-bond donors (Lipinski definition) is 2. The summed E-state index contributed by atoms with van der Waals surface area (Å²) in [6.45, 7) is 1.02. The molecule has 0 unspecified atom stereocenters. The Balaban J connectivity index is 1.51. The van der Waals surface area contributed by atoms with Crippen LogP contribution in [0.4, 0.5) is 14.9 Å². The van der Waals surface area contributed by atoms with E-state index in [1.54, 1.807) is 35.2 Å². The molecule has 142 valence electrons. The lowest BCUT2D eigenvalue weighted by Crippen LogP contribution is -2.47. The van der Waals surface area contributed by atoms with E-state index in [1.165, 1.54) is 19.2 Å². The van der Waals surface area contributed by atoms with Gasteiger partial charge in [0, 0.05) is 24.8 Å². The van der Waals surface area contributed by atoms with E-state index in [4.69, 9.17) is 4.74 Å². The van der Waals surface area contributed by atoms with Crippen molar-refractivity contribution in [3.05, 3.63) is 59.9 Å². The monoisotopic (exact) mass is 371 g/mol. The largest absolute Gasteiger partial charge is 0.496 e. The summed E-state index contributed by atoms with van der Waals surface area (Å²) >= 11 is 0. The van der Waals surface area contributed by atoms with Crippen LogP contribution in [0.1, 0.15) is 23.2 Å². The quantitative estimate of drug-likeness (QED) is 0.867. The molecular formula is C20H22FN3O3. The molecule has 6 nitrogen and oxygen atoms in total. The minimum Gasteiger partial charge on any atom is -0.496 e. The number of carbonyl (C=O) groups is 2. The molecule has 2 aromatic carbocycles. The summed E-state index contributed by atoms with van der Waals surface area (Å²) in [5, 5.41) is 5.69. The summed E-state index contributed by atoms with van der Waals surface area (Å²) in [4.78, 5) is 26.4. The number of hydrogen-bond acceptors (Lipinski definition) is 3. The fourth-order valence-corrected chi connectivity index (χ4v) is 3.09. The first kappa shape index (κ1) is 18.7. The van der Waals surface area contributed by atoms with Crippen LogP contribution < -0.4 is 15.4 Å². The number of methoxy groups -OCH3 is 1. The van der Waals surface area contributed by atoms with Gasteiger partial charge in [0.15, 0.2) is 0 Å². The number of anilines is 1. The Bertz CT molecular complexity index is 820. The first-order chi connectivity index (χ1) is 13.1. The summed E-state index contributed by atoms with van der Waals surface area (Å²) in [6.07, 6.45) is 1.30. The number of piperidine rings is 1. The SMILES string of the molecule is COc1ccccc1C(=O)NC1CCN(C(=O)Nc2cccc(F)c2)CC1. The third-order valence-corrected chi connectivity index (χ3v) is 4.54. The summed E-state index contributed by atoms with van der Waals surface area (Å²) in [5.74, 6) is -0.0532. The van der Waals surface area contributed by atoms with Gasteiger partial charge in [-0.2, -0.15) is 0 Å². The van der Waals surface area contributed by atoms with Gasteiger partial charge >= 0.3 is 6.03 Å². The maximum atomic E-state index is 13.2. The number of ether oxygens (including phenoxy) is 1. The molecule has 0 saturated carbocycles. The second-order valence-electron chi connectivity index (χ2n) is 6.38. The van der Waals surface area contributed by atoms with Gasteiger partial charge in [-0.1, -0.05) is 18.2 Å². The van der Waals surface area contributed by atoms with Gasteiger partial charge in [-0.05, 0) is 43.2 Å². The number of nitrogens with zero attached hydrogens (tertiary/aromatic N) is 1. The zero-order valence-corrected chi connectivity index (χ0v) is 15.1. The highest BCUT2D eigenvalue weighted by Crippen LogP contribution is 2.19. The lowest BCUT2D eigenvalue weighted by atomic mass is 10.0. The topological polar surface area (TPSA) is 70.7 Å². The molecule has 3 amide bonds. The summed E-state index contributed by atoms with van der Waals surface area (Å²) < 4.78 is 18.4. The Morgan fingerprint density at radius 3 is 2.56 bits per heavy atom. The molecule has 2 aromatic rings. The van der Waals surface area contributed by atoms with Gasteiger partial charge in [0.1, 0.15) is 11.6 Å². The lowest BCUT2D eigenvalue weighted by Gasteiger charge is -2.32. The van der Waals surface area contributed by atoms with Crippen LogP contribution in [0.3, 0.4) is 0 Å². The smallest absolute Gasteiger partial charge is 0.321 e. The molecule has 0 bridgehead atoms. The standard InChI is InChI=1S/C20H22FN3O3/c1-27-18-8-3-2-7-17(18)19(25)22-15-9-11-24(12-10-15)20(26)23-16-6-4-5-14(21)13-16/h2-8,13,15H,9-12H2,1H3,(H,22,25)(H,23,26). The van der Waals surface area contributed by atoms with Crippen molar-refractivity contribution in [2.24, 2.45) is 0 Å². The number of halogens is 1. The summed E-state index contributed by atoms with van der Waals surface area (Å²) in [6, 6.07) is 12.6. The molecule has 1 heterocycles. The molecule has 0 radical (unpaired) electrons. The number of urea groups is 1. The minimum absolute atomic E-state index is 0.0133. The van der Waals surface area contributed by atoms with Gasteiger partial charge in [0.05, 0.1) is 12.7 Å². The molecule has 0 aliphatic carbocycles. The highest BCUT2D eigenvalue weighted by atomic mass is 19.1. The van der Waals surface area contributed by atoms with E-state index < -0.39 is 5.82 Å². The van der Waals surface area contributed by atoms with E-state index in [0.29, 0.717) is 42.9 Å². The van der Waals surface area contributed by atoms with Crippen molar-refractivity contribution in [2.75, 3.05) is 25.5 Å². The number of amides is 3. The van der Waals surface area contributed by atoms with E-state index in [1.807, 2.05) is 6.07 Å². The number of benzene rings is 2. The lowest BCUT2D eigenvalue weighted by molar-refractivity contribution is 0.0916. The fraction of sp³-hybridized carbons (Fsp3) is 0.300. The molecule has 0 atom stereocenters. The van der Waals surface area contributed by atoms with Gasteiger partial charge in [-0.15, -0.1) is 0 Å². The first-order valence-corrected chi connectivity index (χ1v) is 8.82. The third kappa shape index (κ3) is 4.75. The van der Waals surface area contributed by atoms with Gasteiger partial charge in [0.25, 0.3) is 5.91 Å². The molecular weight excluding hydrogens is 349 g/mol. The Morgan fingerprint density at radius 2 is 1.85 bits per heavy atom. The molecule has 0 aromatic heterocycles. The predicted octanol–water partition coefficient (Wildman–Crippen LogP) is 3.26. The van der Waals surface area contributed by atoms with E-state index in [2.05, 4.69) is 10.6 Å². The van der Waals surface area contributed by atoms with Crippen LogP contribution in [-0.4, -0.2) is 43.1 Å². The Hall–Kier alpha value is -3.09. The fourth-order valence-electron chi connectivity index (χ4n) is 3.09. The zero-order chi connectivity index (χ0) is 19.2. The van der Waals surface area contributed by atoms with E-state index >= 15 is 0 Å². The Labute approximate surface area is 157 Å². The van der Waals surface area contributed by atoms with Crippen molar-refractivity contribution in [2.45, 2.75) is 18.9 Å². The van der Waals surface area contributed by atoms with Crippen molar-refractivity contribution < 1.29 is 18.7 Å². The Morgan fingerprint density at radius 1 is 1.11 bits per heavy atom. The molecule has 0 spiro atoms. The van der Waals surface area contributed by atoms with Crippen molar-refractivity contribution in [3.8, 4) is 5.75 Å². The number of carbonyl (C=O) groups excluding carboxylic acids is 2. The number of para-hydroxylation sites is 1. The molecule has 27 heavy (non-hydrogen) atoms. The average Bonchev–Trinajstić information content (AvgIpc) is 2.68. The number of likely N-dealkylation sites (tertiary alicyclic amines) is 1. The number of rotatable bonds is 4. The van der Waals surface area contributed by atoms with Crippen LogP contribution in [0.5, 0.6) is 5.75 Å². The average molecular weight is 371 g/mol. The maximum Gasteiger partial charge on any atom is 0.321 e. The van der Waals surface area contributed by atoms with Crippen LogP contribution in [0.2, 0.25) is 0 Å². The Kier molecular flexibility index (Phi) is 5.90. The van der Waals surface area contributed by atoms with Gasteiger partial charge in [-0.25, -0.2) is 9.18 Å². The van der Waals surface area contributed by atoms with Gasteiger partial charge < -0.3 is 20.3 Å². The highest BCUT2D eigenvalue weighted by molar-refractivity contribution is 5.97. The van der Waals surface area contributed by atoms with E-state index in [-0.39, 0.29) is 18.0 Å². The van der Waals surface area contributed by atoms with Crippen LogP contribution in [0.25, 0.3) is 0 Å². The molecule has 1 saturated heterocycles. The summed E-state index contributed by atoms with van der Waals surface area (Å²) in [7, 11) is 1.53. The van der Waals surface area contributed by atoms with Gasteiger partial charge in [-0.3, -0.25) is 4.79 Å².